The summed E-state index contributed by atoms with van der Waals surface area (Å²) in [6.07, 6.45) is 0. The lowest BCUT2D eigenvalue weighted by Gasteiger charge is -2.06. The Labute approximate surface area is 94.7 Å². The zero-order valence-corrected chi connectivity index (χ0v) is 9.07. The average Bonchev–Trinajstić information content (AvgIpc) is 2.34. The van der Waals surface area contributed by atoms with E-state index in [2.05, 4.69) is 10.6 Å². The molecule has 1 amide bonds. The minimum Gasteiger partial charge on any atom is -0.395 e. The van der Waals surface area contributed by atoms with Crippen molar-refractivity contribution in [3.05, 3.63) is 29.8 Å². The second-order valence-corrected chi connectivity index (χ2v) is 3.27. The fourth-order valence-electron chi connectivity index (χ4n) is 1.23. The quantitative estimate of drug-likeness (QED) is 0.537. The van der Waals surface area contributed by atoms with Crippen LogP contribution in [0.3, 0.4) is 0 Å². The first-order valence-electron chi connectivity index (χ1n) is 5.21. The van der Waals surface area contributed by atoms with Crippen LogP contribution >= 0.6 is 0 Å². The summed E-state index contributed by atoms with van der Waals surface area (Å²) >= 11 is 0. The molecule has 0 atom stereocenters. The lowest BCUT2D eigenvalue weighted by Crippen LogP contribution is -2.28. The minimum absolute atomic E-state index is 0.0821. The Kier molecular flexibility index (Phi) is 5.31. The van der Waals surface area contributed by atoms with Crippen molar-refractivity contribution in [1.29, 1.82) is 0 Å². The van der Waals surface area contributed by atoms with Crippen LogP contribution in [-0.2, 0) is 0 Å². The maximum atomic E-state index is 11.5. The number of nitrogens with two attached hydrogens (primary N) is 1. The third kappa shape index (κ3) is 3.88. The van der Waals surface area contributed by atoms with Crippen molar-refractivity contribution >= 4 is 11.6 Å². The molecule has 0 fully saturated rings. The van der Waals surface area contributed by atoms with E-state index in [1.165, 1.54) is 0 Å². The van der Waals surface area contributed by atoms with E-state index in [4.69, 9.17) is 10.8 Å². The molecule has 0 saturated heterocycles. The molecule has 1 aromatic carbocycles. The summed E-state index contributed by atoms with van der Waals surface area (Å²) < 4.78 is 0. The normalized spacial score (nSPS) is 9.88. The molecule has 0 heterocycles. The number of hydrogen-bond acceptors (Lipinski definition) is 4. The van der Waals surface area contributed by atoms with E-state index in [-0.39, 0.29) is 12.5 Å². The highest BCUT2D eigenvalue weighted by Gasteiger charge is 2.03. The van der Waals surface area contributed by atoms with Gasteiger partial charge in [0.05, 0.1) is 6.61 Å². The van der Waals surface area contributed by atoms with Gasteiger partial charge in [0.2, 0.25) is 0 Å². The predicted molar refractivity (Wildman–Crippen MR) is 63.4 cm³/mol. The summed E-state index contributed by atoms with van der Waals surface area (Å²) in [5, 5.41) is 14.3. The van der Waals surface area contributed by atoms with Crippen LogP contribution in [0.15, 0.2) is 24.3 Å². The molecule has 1 rings (SSSR count). The first-order chi connectivity index (χ1) is 7.77. The molecule has 5 nitrogen and oxygen atoms in total. The second kappa shape index (κ2) is 6.81. The van der Waals surface area contributed by atoms with Crippen LogP contribution in [0.1, 0.15) is 10.4 Å². The number of rotatable bonds is 6. The van der Waals surface area contributed by atoms with E-state index < -0.39 is 0 Å². The van der Waals surface area contributed by atoms with Crippen LogP contribution in [-0.4, -0.2) is 37.3 Å². The van der Waals surface area contributed by atoms with Gasteiger partial charge in [-0.1, -0.05) is 0 Å². The summed E-state index contributed by atoms with van der Waals surface area (Å²) in [5.74, 6) is -0.126. The number of benzene rings is 1. The van der Waals surface area contributed by atoms with E-state index >= 15 is 0 Å². The van der Waals surface area contributed by atoms with Gasteiger partial charge >= 0.3 is 0 Å². The van der Waals surface area contributed by atoms with Crippen LogP contribution in [0.5, 0.6) is 0 Å². The Bertz CT molecular complexity index is 325. The van der Waals surface area contributed by atoms with Crippen molar-refractivity contribution in [1.82, 2.24) is 5.32 Å². The van der Waals surface area contributed by atoms with Gasteiger partial charge in [0.1, 0.15) is 0 Å². The summed E-state index contributed by atoms with van der Waals surface area (Å²) in [5.41, 5.74) is 6.76. The number of aliphatic hydroxyl groups is 1. The highest BCUT2D eigenvalue weighted by molar-refractivity contribution is 5.94. The van der Waals surface area contributed by atoms with Crippen molar-refractivity contribution < 1.29 is 9.90 Å². The molecular formula is C11H17N3O2. The van der Waals surface area contributed by atoms with Gasteiger partial charge in [0, 0.05) is 30.9 Å². The number of amides is 1. The van der Waals surface area contributed by atoms with Crippen molar-refractivity contribution in [3.63, 3.8) is 0 Å². The number of hydrogen-bond donors (Lipinski definition) is 4. The molecule has 88 valence electrons. The first-order valence-corrected chi connectivity index (χ1v) is 5.21. The number of nitrogens with one attached hydrogen (secondary N) is 2. The van der Waals surface area contributed by atoms with Crippen molar-refractivity contribution in [3.8, 4) is 0 Å². The molecule has 0 radical (unpaired) electrons. The van der Waals surface area contributed by atoms with Crippen molar-refractivity contribution in [2.75, 3.05) is 31.6 Å². The van der Waals surface area contributed by atoms with E-state index in [0.29, 0.717) is 25.2 Å². The summed E-state index contributed by atoms with van der Waals surface area (Å²) in [6, 6.07) is 7.05. The van der Waals surface area contributed by atoms with Crippen LogP contribution in [0.4, 0.5) is 5.69 Å². The number of carbonyl (C=O) groups is 1. The summed E-state index contributed by atoms with van der Waals surface area (Å²) in [7, 11) is 0. The zero-order chi connectivity index (χ0) is 11.8. The molecule has 5 heteroatoms. The highest BCUT2D eigenvalue weighted by Crippen LogP contribution is 2.08. The van der Waals surface area contributed by atoms with E-state index in [1.807, 2.05) is 0 Å². The molecule has 0 aliphatic carbocycles. The Morgan fingerprint density at radius 1 is 1.25 bits per heavy atom. The molecular weight excluding hydrogens is 206 g/mol. The van der Waals surface area contributed by atoms with Crippen LogP contribution in [0.2, 0.25) is 0 Å². The molecule has 0 spiro atoms. The highest BCUT2D eigenvalue weighted by atomic mass is 16.3. The van der Waals surface area contributed by atoms with Crippen LogP contribution in [0, 0.1) is 0 Å². The van der Waals surface area contributed by atoms with Gasteiger partial charge in [0.15, 0.2) is 0 Å². The van der Waals surface area contributed by atoms with Crippen molar-refractivity contribution in [2.45, 2.75) is 0 Å². The Hall–Kier alpha value is -1.59. The molecule has 0 aliphatic heterocycles. The molecule has 5 N–H and O–H groups in total. The van der Waals surface area contributed by atoms with Gasteiger partial charge < -0.3 is 21.5 Å². The van der Waals surface area contributed by atoms with Crippen molar-refractivity contribution in [2.24, 2.45) is 5.73 Å². The monoisotopic (exact) mass is 223 g/mol. The SMILES string of the molecule is NCCNC(=O)c1ccc(NCCO)cc1. The molecule has 0 aromatic heterocycles. The minimum atomic E-state index is -0.126. The fourth-order valence-corrected chi connectivity index (χ4v) is 1.23. The fraction of sp³-hybridized carbons (Fsp3) is 0.364. The maximum absolute atomic E-state index is 11.5. The average molecular weight is 223 g/mol. The summed E-state index contributed by atoms with van der Waals surface area (Å²) in [4.78, 5) is 11.5. The topological polar surface area (TPSA) is 87.4 Å². The van der Waals surface area contributed by atoms with Crippen LogP contribution in [0.25, 0.3) is 0 Å². The molecule has 0 saturated carbocycles. The van der Waals surface area contributed by atoms with E-state index in [9.17, 15) is 4.79 Å². The molecule has 16 heavy (non-hydrogen) atoms. The Morgan fingerprint density at radius 2 is 1.94 bits per heavy atom. The smallest absolute Gasteiger partial charge is 0.251 e. The number of aliphatic hydroxyl groups excluding tert-OH is 1. The van der Waals surface area contributed by atoms with Gasteiger partial charge in [-0.25, -0.2) is 0 Å². The van der Waals surface area contributed by atoms with Crippen LogP contribution < -0.4 is 16.4 Å². The first kappa shape index (κ1) is 12.5. The lowest BCUT2D eigenvalue weighted by molar-refractivity contribution is 0.0955. The Morgan fingerprint density at radius 3 is 2.50 bits per heavy atom. The standard InChI is InChI=1S/C11H17N3O2/c12-5-6-14-11(16)9-1-3-10(4-2-9)13-7-8-15/h1-4,13,15H,5-8,12H2,(H,14,16). The molecule has 0 bridgehead atoms. The summed E-state index contributed by atoms with van der Waals surface area (Å²) in [6.45, 7) is 1.49. The third-order valence-electron chi connectivity index (χ3n) is 2.02. The number of carbonyl (C=O) groups excluding carboxylic acids is 1. The lowest BCUT2D eigenvalue weighted by atomic mass is 10.2. The van der Waals surface area contributed by atoms with Gasteiger partial charge in [-0.15, -0.1) is 0 Å². The maximum Gasteiger partial charge on any atom is 0.251 e. The van der Waals surface area contributed by atoms with Gasteiger partial charge in [0.25, 0.3) is 5.91 Å². The second-order valence-electron chi connectivity index (χ2n) is 3.27. The molecule has 1 aromatic rings. The van der Waals surface area contributed by atoms with E-state index in [0.717, 1.165) is 5.69 Å². The van der Waals surface area contributed by atoms with Gasteiger partial charge in [-0.05, 0) is 24.3 Å². The molecule has 0 aliphatic rings. The van der Waals surface area contributed by atoms with E-state index in [1.54, 1.807) is 24.3 Å². The number of anilines is 1. The zero-order valence-electron chi connectivity index (χ0n) is 9.07. The largest absolute Gasteiger partial charge is 0.395 e. The van der Waals surface area contributed by atoms with Gasteiger partial charge in [-0.3, -0.25) is 4.79 Å². The third-order valence-corrected chi connectivity index (χ3v) is 2.02. The van der Waals surface area contributed by atoms with Gasteiger partial charge in [-0.2, -0.15) is 0 Å². The predicted octanol–water partition coefficient (Wildman–Crippen LogP) is -0.221. The molecule has 0 unspecified atom stereocenters. The Balaban J connectivity index is 2.53.